The lowest BCUT2D eigenvalue weighted by Crippen LogP contribution is -2.14. The van der Waals surface area contributed by atoms with Crippen molar-refractivity contribution in [2.24, 2.45) is 0 Å². The van der Waals surface area contributed by atoms with E-state index in [0.29, 0.717) is 10.9 Å². The van der Waals surface area contributed by atoms with Gasteiger partial charge < -0.3 is 5.32 Å². The third-order valence-electron chi connectivity index (χ3n) is 1.77. The van der Waals surface area contributed by atoms with E-state index >= 15 is 0 Å². The molecule has 2 N–H and O–H groups in total. The Kier molecular flexibility index (Phi) is 3.50. The van der Waals surface area contributed by atoms with E-state index in [9.17, 15) is 4.79 Å². The van der Waals surface area contributed by atoms with Crippen LogP contribution in [-0.2, 0) is 0 Å². The molecule has 17 heavy (non-hydrogen) atoms. The molecule has 8 nitrogen and oxygen atoms in total. The Morgan fingerprint density at radius 2 is 2.24 bits per heavy atom. The van der Waals surface area contributed by atoms with Crippen molar-refractivity contribution in [3.8, 4) is 0 Å². The van der Waals surface area contributed by atoms with Crippen LogP contribution in [0.2, 0.25) is 0 Å². The highest BCUT2D eigenvalue weighted by molar-refractivity contribution is 7.09. The smallest absolute Gasteiger partial charge is 0.278 e. The summed E-state index contributed by atoms with van der Waals surface area (Å²) in [4.78, 5) is 11.7. The standard InChI is InChI=1S/C8H9N7OS/c1-2-9-6-4-3-5(11-12-6)7(16)10-8-13-14-15-17-8/h3-4H,2H2,1H3,(H,9,12)(H,10,13,15,16). The van der Waals surface area contributed by atoms with Crippen molar-refractivity contribution in [2.75, 3.05) is 17.2 Å². The van der Waals surface area contributed by atoms with Gasteiger partial charge >= 0.3 is 0 Å². The molecule has 88 valence electrons. The fraction of sp³-hybridized carbons (Fsp3) is 0.250. The summed E-state index contributed by atoms with van der Waals surface area (Å²) in [5, 5.41) is 20.4. The molecule has 0 saturated heterocycles. The van der Waals surface area contributed by atoms with Crippen molar-refractivity contribution in [2.45, 2.75) is 6.92 Å². The number of hydrogen-bond acceptors (Lipinski definition) is 8. The predicted octanol–water partition coefficient (Wildman–Crippen LogP) is 0.407. The van der Waals surface area contributed by atoms with Gasteiger partial charge in [0, 0.05) is 18.1 Å². The third kappa shape index (κ3) is 2.91. The lowest BCUT2D eigenvalue weighted by molar-refractivity contribution is 0.102. The van der Waals surface area contributed by atoms with E-state index in [4.69, 9.17) is 0 Å². The van der Waals surface area contributed by atoms with E-state index in [1.165, 1.54) is 0 Å². The van der Waals surface area contributed by atoms with E-state index in [1.54, 1.807) is 12.1 Å². The number of nitrogens with one attached hydrogen (secondary N) is 2. The lowest BCUT2D eigenvalue weighted by atomic mass is 10.3. The van der Waals surface area contributed by atoms with E-state index in [0.717, 1.165) is 18.1 Å². The Balaban J connectivity index is 2.04. The average Bonchev–Trinajstić information content (AvgIpc) is 2.83. The molecule has 2 heterocycles. The van der Waals surface area contributed by atoms with Gasteiger partial charge in [0.15, 0.2) is 5.69 Å². The molecule has 0 aromatic carbocycles. The molecule has 1 amide bonds. The van der Waals surface area contributed by atoms with Gasteiger partial charge in [0.2, 0.25) is 5.13 Å². The molecule has 0 saturated carbocycles. The topological polar surface area (TPSA) is 106 Å². The number of nitrogens with zero attached hydrogens (tertiary/aromatic N) is 5. The molecule has 2 aromatic heterocycles. The Hall–Kier alpha value is -2.16. The number of carbonyl (C=O) groups excluding carboxylic acids is 1. The molecule has 0 radical (unpaired) electrons. The van der Waals surface area contributed by atoms with Gasteiger partial charge in [-0.3, -0.25) is 10.1 Å². The first-order chi connectivity index (χ1) is 8.29. The third-order valence-corrected chi connectivity index (χ3v) is 2.29. The number of aromatic nitrogens is 5. The maximum Gasteiger partial charge on any atom is 0.278 e. The summed E-state index contributed by atoms with van der Waals surface area (Å²) >= 11 is 0.992. The minimum Gasteiger partial charge on any atom is -0.369 e. The van der Waals surface area contributed by atoms with Crippen LogP contribution in [0.15, 0.2) is 12.1 Å². The number of anilines is 2. The summed E-state index contributed by atoms with van der Waals surface area (Å²) in [5.74, 6) is 0.237. The van der Waals surface area contributed by atoms with Crippen LogP contribution in [0.4, 0.5) is 10.9 Å². The van der Waals surface area contributed by atoms with Crippen LogP contribution < -0.4 is 10.6 Å². The monoisotopic (exact) mass is 251 g/mol. The molecular formula is C8H9N7OS. The Bertz CT molecular complexity index is 483. The summed E-state index contributed by atoms with van der Waals surface area (Å²) < 4.78 is 3.53. The molecule has 0 unspecified atom stereocenters. The molecule has 0 fully saturated rings. The molecule has 9 heteroatoms. The normalized spacial score (nSPS) is 9.94. The van der Waals surface area contributed by atoms with Crippen molar-refractivity contribution in [1.29, 1.82) is 0 Å². The van der Waals surface area contributed by atoms with Crippen LogP contribution in [0.3, 0.4) is 0 Å². The van der Waals surface area contributed by atoms with Gasteiger partial charge in [0.1, 0.15) is 5.82 Å². The van der Waals surface area contributed by atoms with Crippen LogP contribution in [0.5, 0.6) is 0 Å². The highest BCUT2D eigenvalue weighted by Crippen LogP contribution is 2.07. The van der Waals surface area contributed by atoms with Crippen molar-refractivity contribution < 1.29 is 4.79 Å². The summed E-state index contributed by atoms with van der Waals surface area (Å²) in [6.07, 6.45) is 0. The van der Waals surface area contributed by atoms with E-state index < -0.39 is 0 Å². The van der Waals surface area contributed by atoms with Crippen LogP contribution in [-0.4, -0.2) is 37.4 Å². The van der Waals surface area contributed by atoms with Gasteiger partial charge in [-0.05, 0) is 24.3 Å². The highest BCUT2D eigenvalue weighted by Gasteiger charge is 2.10. The molecule has 0 bridgehead atoms. The first-order valence-electron chi connectivity index (χ1n) is 4.83. The fourth-order valence-corrected chi connectivity index (χ4v) is 1.43. The molecule has 0 aliphatic rings. The second kappa shape index (κ2) is 5.25. The van der Waals surface area contributed by atoms with Crippen LogP contribution >= 0.6 is 11.5 Å². The molecular weight excluding hydrogens is 242 g/mol. The van der Waals surface area contributed by atoms with Crippen molar-refractivity contribution in [3.63, 3.8) is 0 Å². The summed E-state index contributed by atoms with van der Waals surface area (Å²) in [6, 6.07) is 3.26. The number of carbonyl (C=O) groups is 1. The minimum absolute atomic E-state index is 0.210. The van der Waals surface area contributed by atoms with Gasteiger partial charge in [0.25, 0.3) is 5.91 Å². The Labute approximate surface area is 101 Å². The van der Waals surface area contributed by atoms with Crippen LogP contribution in [0.25, 0.3) is 0 Å². The first kappa shape index (κ1) is 11.3. The second-order valence-corrected chi connectivity index (χ2v) is 3.69. The number of rotatable bonds is 4. The Morgan fingerprint density at radius 1 is 1.35 bits per heavy atom. The second-order valence-electron chi connectivity index (χ2n) is 2.96. The molecule has 0 atom stereocenters. The maximum atomic E-state index is 11.7. The Morgan fingerprint density at radius 3 is 2.82 bits per heavy atom. The number of amides is 1. The van der Waals surface area contributed by atoms with Gasteiger partial charge in [-0.2, -0.15) is 0 Å². The summed E-state index contributed by atoms with van der Waals surface area (Å²) in [7, 11) is 0. The van der Waals surface area contributed by atoms with Crippen molar-refractivity contribution in [1.82, 2.24) is 25.0 Å². The van der Waals surface area contributed by atoms with E-state index in [-0.39, 0.29) is 11.6 Å². The molecule has 0 aliphatic heterocycles. The zero-order valence-corrected chi connectivity index (χ0v) is 9.73. The molecule has 0 aliphatic carbocycles. The highest BCUT2D eigenvalue weighted by atomic mass is 32.1. The molecule has 2 aromatic rings. The summed E-state index contributed by atoms with van der Waals surface area (Å²) in [5.41, 5.74) is 0.210. The fourth-order valence-electron chi connectivity index (χ4n) is 1.07. The van der Waals surface area contributed by atoms with Crippen molar-refractivity contribution >= 4 is 28.4 Å². The van der Waals surface area contributed by atoms with Gasteiger partial charge in [-0.25, -0.2) is 0 Å². The van der Waals surface area contributed by atoms with Crippen molar-refractivity contribution in [3.05, 3.63) is 17.8 Å². The average molecular weight is 251 g/mol. The van der Waals surface area contributed by atoms with Gasteiger partial charge in [0.05, 0.1) is 0 Å². The minimum atomic E-state index is -0.390. The van der Waals surface area contributed by atoms with Gasteiger partial charge in [-0.1, -0.05) is 9.59 Å². The van der Waals surface area contributed by atoms with E-state index in [2.05, 4.69) is 35.6 Å². The number of hydrogen-bond donors (Lipinski definition) is 2. The maximum absolute atomic E-state index is 11.7. The largest absolute Gasteiger partial charge is 0.369 e. The molecule has 2 rings (SSSR count). The lowest BCUT2D eigenvalue weighted by Gasteiger charge is -2.02. The SMILES string of the molecule is CCNc1ccc(C(=O)Nc2nnns2)nn1. The van der Waals surface area contributed by atoms with Crippen LogP contribution in [0.1, 0.15) is 17.4 Å². The molecule has 0 spiro atoms. The predicted molar refractivity (Wildman–Crippen MR) is 61.9 cm³/mol. The van der Waals surface area contributed by atoms with E-state index in [1.807, 2.05) is 6.92 Å². The quantitative estimate of drug-likeness (QED) is 0.810. The van der Waals surface area contributed by atoms with Crippen LogP contribution in [0, 0.1) is 0 Å². The summed E-state index contributed by atoms with van der Waals surface area (Å²) in [6.45, 7) is 2.70. The van der Waals surface area contributed by atoms with Gasteiger partial charge in [-0.15, -0.1) is 10.2 Å². The first-order valence-corrected chi connectivity index (χ1v) is 5.61. The zero-order valence-electron chi connectivity index (χ0n) is 8.91. The zero-order chi connectivity index (χ0) is 12.1.